The summed E-state index contributed by atoms with van der Waals surface area (Å²) in [5.41, 5.74) is 1.48. The van der Waals surface area contributed by atoms with Gasteiger partial charge in [0.05, 0.1) is 25.3 Å². The minimum atomic E-state index is -0.454. The van der Waals surface area contributed by atoms with Gasteiger partial charge in [-0.1, -0.05) is 18.2 Å². The van der Waals surface area contributed by atoms with E-state index in [-0.39, 0.29) is 18.9 Å². The fourth-order valence-electron chi connectivity index (χ4n) is 2.20. The van der Waals surface area contributed by atoms with Crippen molar-refractivity contribution in [1.29, 1.82) is 0 Å². The van der Waals surface area contributed by atoms with Crippen molar-refractivity contribution in [3.8, 4) is 5.75 Å². The number of carbonyl (C=O) groups is 2. The van der Waals surface area contributed by atoms with Crippen LogP contribution in [0.2, 0.25) is 0 Å². The van der Waals surface area contributed by atoms with Gasteiger partial charge in [-0.05, 0) is 29.8 Å². The van der Waals surface area contributed by atoms with Gasteiger partial charge < -0.3 is 14.8 Å². The normalized spacial score (nSPS) is 11.4. The minimum absolute atomic E-state index is 0.0404. The van der Waals surface area contributed by atoms with Crippen LogP contribution in [0.4, 0.5) is 0 Å². The summed E-state index contributed by atoms with van der Waals surface area (Å²) in [6.07, 6.45) is 1.68. The van der Waals surface area contributed by atoms with Crippen LogP contribution in [-0.2, 0) is 20.9 Å². The molecule has 0 bridgehead atoms. The van der Waals surface area contributed by atoms with Gasteiger partial charge in [-0.3, -0.25) is 14.6 Å². The highest BCUT2D eigenvalue weighted by Gasteiger charge is 2.18. The Morgan fingerprint density at radius 2 is 1.92 bits per heavy atom. The van der Waals surface area contributed by atoms with Gasteiger partial charge >= 0.3 is 5.97 Å². The lowest BCUT2D eigenvalue weighted by molar-refractivity contribution is -0.145. The third-order valence-electron chi connectivity index (χ3n) is 3.37. The molecule has 2 aromatic rings. The molecule has 126 valence electrons. The first-order chi connectivity index (χ1) is 11.6. The quantitative estimate of drug-likeness (QED) is 0.790. The zero-order chi connectivity index (χ0) is 17.4. The number of nitrogens with one attached hydrogen (secondary N) is 1. The molecule has 1 aromatic heterocycles. The van der Waals surface area contributed by atoms with Crippen LogP contribution >= 0.6 is 0 Å². The molecule has 1 heterocycles. The second kappa shape index (κ2) is 8.67. The molecule has 1 amide bonds. The number of hydrogen-bond donors (Lipinski definition) is 1. The molecule has 0 radical (unpaired) electrons. The van der Waals surface area contributed by atoms with Gasteiger partial charge in [0, 0.05) is 13.1 Å². The highest BCUT2D eigenvalue weighted by molar-refractivity contribution is 5.76. The van der Waals surface area contributed by atoms with Crippen molar-refractivity contribution in [2.75, 3.05) is 7.11 Å². The summed E-state index contributed by atoms with van der Waals surface area (Å²) < 4.78 is 10.3. The van der Waals surface area contributed by atoms with Crippen molar-refractivity contribution >= 4 is 11.9 Å². The number of aromatic nitrogens is 1. The number of hydrogen-bond acceptors (Lipinski definition) is 5. The minimum Gasteiger partial charge on any atom is -0.497 e. The van der Waals surface area contributed by atoms with Crippen LogP contribution in [0, 0.1) is 0 Å². The van der Waals surface area contributed by atoms with E-state index in [1.807, 2.05) is 18.2 Å². The van der Waals surface area contributed by atoms with E-state index in [0.29, 0.717) is 11.4 Å². The van der Waals surface area contributed by atoms with Gasteiger partial charge in [0.2, 0.25) is 5.91 Å². The SMILES string of the molecule is COc1ccc(C(CC(=O)OCc2ccccn2)NC(C)=O)cc1. The second-order valence-electron chi connectivity index (χ2n) is 5.21. The van der Waals surface area contributed by atoms with Gasteiger partial charge in [-0.15, -0.1) is 0 Å². The Morgan fingerprint density at radius 3 is 2.50 bits per heavy atom. The topological polar surface area (TPSA) is 77.5 Å². The van der Waals surface area contributed by atoms with E-state index in [9.17, 15) is 9.59 Å². The molecule has 0 aliphatic rings. The predicted octanol–water partition coefficient (Wildman–Crippen LogP) is 2.40. The summed E-state index contributed by atoms with van der Waals surface area (Å²) in [6, 6.07) is 12.1. The molecule has 0 saturated carbocycles. The lowest BCUT2D eigenvalue weighted by Crippen LogP contribution is -2.28. The van der Waals surface area contributed by atoms with E-state index in [2.05, 4.69) is 10.3 Å². The summed E-state index contributed by atoms with van der Waals surface area (Å²) >= 11 is 0. The standard InChI is InChI=1S/C18H20N2O4/c1-13(21)20-17(14-6-8-16(23-2)9-7-14)11-18(22)24-12-15-5-3-4-10-19-15/h3-10,17H,11-12H2,1-2H3,(H,20,21). The number of pyridine rings is 1. The molecule has 6 nitrogen and oxygen atoms in total. The molecule has 0 aliphatic heterocycles. The first-order valence-electron chi connectivity index (χ1n) is 7.55. The molecule has 1 aromatic carbocycles. The van der Waals surface area contributed by atoms with Gasteiger partial charge in [-0.2, -0.15) is 0 Å². The zero-order valence-corrected chi connectivity index (χ0v) is 13.7. The number of amides is 1. The lowest BCUT2D eigenvalue weighted by atomic mass is 10.0. The fraction of sp³-hybridized carbons (Fsp3) is 0.278. The Hall–Kier alpha value is -2.89. The maximum Gasteiger partial charge on any atom is 0.308 e. The highest BCUT2D eigenvalue weighted by Crippen LogP contribution is 2.21. The Kier molecular flexibility index (Phi) is 6.31. The third-order valence-corrected chi connectivity index (χ3v) is 3.37. The molecule has 0 fully saturated rings. The molecule has 2 rings (SSSR count). The average Bonchev–Trinajstić information content (AvgIpc) is 2.60. The number of nitrogens with zero attached hydrogens (tertiary/aromatic N) is 1. The largest absolute Gasteiger partial charge is 0.497 e. The van der Waals surface area contributed by atoms with Crippen molar-refractivity contribution in [2.45, 2.75) is 26.0 Å². The van der Waals surface area contributed by atoms with Crippen molar-refractivity contribution in [1.82, 2.24) is 10.3 Å². The van der Waals surface area contributed by atoms with Gasteiger partial charge in [0.15, 0.2) is 0 Å². The number of carbonyl (C=O) groups excluding carboxylic acids is 2. The van der Waals surface area contributed by atoms with E-state index in [1.165, 1.54) is 6.92 Å². The van der Waals surface area contributed by atoms with E-state index >= 15 is 0 Å². The first-order valence-corrected chi connectivity index (χ1v) is 7.55. The molecular weight excluding hydrogens is 308 g/mol. The molecule has 0 aliphatic carbocycles. The molecule has 0 saturated heterocycles. The van der Waals surface area contributed by atoms with E-state index < -0.39 is 12.0 Å². The maximum absolute atomic E-state index is 12.1. The van der Waals surface area contributed by atoms with Crippen LogP contribution in [0.3, 0.4) is 0 Å². The fourth-order valence-corrected chi connectivity index (χ4v) is 2.20. The third kappa shape index (κ3) is 5.39. The molecule has 0 spiro atoms. The molecule has 1 atom stereocenters. The Labute approximate surface area is 140 Å². The molecule has 24 heavy (non-hydrogen) atoms. The predicted molar refractivity (Wildman–Crippen MR) is 88.2 cm³/mol. The van der Waals surface area contributed by atoms with E-state index in [0.717, 1.165) is 5.56 Å². The Morgan fingerprint density at radius 1 is 1.17 bits per heavy atom. The summed E-state index contributed by atoms with van der Waals surface area (Å²) in [7, 11) is 1.58. The van der Waals surface area contributed by atoms with Crippen LogP contribution in [-0.4, -0.2) is 24.0 Å². The molecule has 1 N–H and O–H groups in total. The van der Waals surface area contributed by atoms with Crippen molar-refractivity contribution in [3.63, 3.8) is 0 Å². The van der Waals surface area contributed by atoms with Crippen molar-refractivity contribution < 1.29 is 19.1 Å². The molecule has 6 heteroatoms. The highest BCUT2D eigenvalue weighted by atomic mass is 16.5. The summed E-state index contributed by atoms with van der Waals surface area (Å²) in [5.74, 6) is 0.0848. The summed E-state index contributed by atoms with van der Waals surface area (Å²) in [4.78, 5) is 27.6. The van der Waals surface area contributed by atoms with Crippen LogP contribution in [0.5, 0.6) is 5.75 Å². The number of esters is 1. The van der Waals surface area contributed by atoms with Crippen LogP contribution in [0.15, 0.2) is 48.7 Å². The lowest BCUT2D eigenvalue weighted by Gasteiger charge is -2.18. The first kappa shape index (κ1) is 17.5. The van der Waals surface area contributed by atoms with Crippen molar-refractivity contribution in [2.24, 2.45) is 0 Å². The number of rotatable bonds is 7. The van der Waals surface area contributed by atoms with Crippen LogP contribution < -0.4 is 10.1 Å². The van der Waals surface area contributed by atoms with Gasteiger partial charge in [0.1, 0.15) is 12.4 Å². The monoisotopic (exact) mass is 328 g/mol. The molecule has 1 unspecified atom stereocenters. The smallest absolute Gasteiger partial charge is 0.308 e. The Balaban J connectivity index is 1.99. The Bertz CT molecular complexity index is 671. The average molecular weight is 328 g/mol. The summed E-state index contributed by atoms with van der Waals surface area (Å²) in [5, 5.41) is 2.77. The van der Waals surface area contributed by atoms with Crippen molar-refractivity contribution in [3.05, 3.63) is 59.9 Å². The molecular formula is C18H20N2O4. The maximum atomic E-state index is 12.1. The van der Waals surface area contributed by atoms with Crippen LogP contribution in [0.25, 0.3) is 0 Å². The number of methoxy groups -OCH3 is 1. The van der Waals surface area contributed by atoms with Crippen LogP contribution in [0.1, 0.15) is 30.6 Å². The number of benzene rings is 1. The number of ether oxygens (including phenoxy) is 2. The van der Waals surface area contributed by atoms with E-state index in [4.69, 9.17) is 9.47 Å². The summed E-state index contributed by atoms with van der Waals surface area (Å²) in [6.45, 7) is 1.52. The van der Waals surface area contributed by atoms with E-state index in [1.54, 1.807) is 37.6 Å². The van der Waals surface area contributed by atoms with Gasteiger partial charge in [-0.25, -0.2) is 0 Å². The van der Waals surface area contributed by atoms with Gasteiger partial charge in [0.25, 0.3) is 0 Å². The zero-order valence-electron chi connectivity index (χ0n) is 13.7. The second-order valence-corrected chi connectivity index (χ2v) is 5.21.